The van der Waals surface area contributed by atoms with E-state index in [1.54, 1.807) is 0 Å². The van der Waals surface area contributed by atoms with Crippen LogP contribution < -0.4 is 29.2 Å². The number of likely N-dealkylation sites (tertiary alicyclic amines) is 1. The molecule has 0 bridgehead atoms. The highest BCUT2D eigenvalue weighted by Crippen LogP contribution is 2.40. The van der Waals surface area contributed by atoms with Crippen molar-refractivity contribution in [1.29, 1.82) is 0 Å². The Hall–Kier alpha value is 0.0869. The lowest BCUT2D eigenvalue weighted by atomic mass is 10.1. The second-order valence-electron chi connectivity index (χ2n) is 8.26. The number of benzene rings is 1. The number of aliphatic hydroxyl groups excluding tert-OH is 1. The SMILES string of the molecule is C[N+]1(CC[Si@](CO)(c2ccccc2)C2CCCC2)CCCCC1.[I-]. The van der Waals surface area contributed by atoms with Gasteiger partial charge in [-0.15, -0.1) is 0 Å². The van der Waals surface area contributed by atoms with Gasteiger partial charge >= 0.3 is 0 Å². The molecule has 3 rings (SSSR count). The van der Waals surface area contributed by atoms with E-state index in [0.717, 1.165) is 5.54 Å². The van der Waals surface area contributed by atoms with Crippen LogP contribution in [0.4, 0.5) is 0 Å². The first-order valence-corrected chi connectivity index (χ1v) is 12.2. The summed E-state index contributed by atoms with van der Waals surface area (Å²) in [6.07, 6.45) is 10.1. The molecule has 1 atom stereocenters. The van der Waals surface area contributed by atoms with E-state index in [1.165, 1.54) is 80.3 Å². The summed E-state index contributed by atoms with van der Waals surface area (Å²) in [6, 6.07) is 12.4. The lowest BCUT2D eigenvalue weighted by Crippen LogP contribution is -3.00. The van der Waals surface area contributed by atoms with E-state index in [0.29, 0.717) is 6.23 Å². The summed E-state index contributed by atoms with van der Waals surface area (Å²) in [7, 11) is 0.650. The van der Waals surface area contributed by atoms with Crippen molar-refractivity contribution in [2.24, 2.45) is 0 Å². The normalized spacial score (nSPS) is 23.4. The highest BCUT2D eigenvalue weighted by molar-refractivity contribution is 6.93. The summed E-state index contributed by atoms with van der Waals surface area (Å²) in [4.78, 5) is 0. The first-order chi connectivity index (χ1) is 11.2. The van der Waals surface area contributed by atoms with Crippen LogP contribution in [-0.2, 0) is 0 Å². The Morgan fingerprint density at radius 1 is 1.00 bits per heavy atom. The van der Waals surface area contributed by atoms with Crippen LogP contribution in [0.25, 0.3) is 0 Å². The molecule has 1 saturated heterocycles. The van der Waals surface area contributed by atoms with E-state index in [1.807, 2.05) is 0 Å². The van der Waals surface area contributed by atoms with Crippen molar-refractivity contribution in [3.8, 4) is 0 Å². The highest BCUT2D eigenvalue weighted by atomic mass is 127. The fourth-order valence-electron chi connectivity index (χ4n) is 5.10. The first kappa shape index (κ1) is 20.4. The zero-order valence-corrected chi connectivity index (χ0v) is 18.4. The number of piperidine rings is 1. The quantitative estimate of drug-likeness (QED) is 0.372. The van der Waals surface area contributed by atoms with Gasteiger partial charge in [0.1, 0.15) is 8.07 Å². The minimum atomic E-state index is -1.80. The molecule has 0 amide bonds. The average molecular weight is 459 g/mol. The van der Waals surface area contributed by atoms with E-state index < -0.39 is 8.07 Å². The molecule has 0 spiro atoms. The van der Waals surface area contributed by atoms with E-state index in [-0.39, 0.29) is 24.0 Å². The predicted molar refractivity (Wildman–Crippen MR) is 101 cm³/mol. The third-order valence-electron chi connectivity index (χ3n) is 6.76. The minimum Gasteiger partial charge on any atom is -1.00 e. The molecule has 1 saturated carbocycles. The molecule has 24 heavy (non-hydrogen) atoms. The molecule has 0 radical (unpaired) electrons. The summed E-state index contributed by atoms with van der Waals surface area (Å²) in [5, 5.41) is 12.1. The van der Waals surface area contributed by atoms with Crippen LogP contribution >= 0.6 is 0 Å². The molecule has 1 aromatic rings. The summed E-state index contributed by atoms with van der Waals surface area (Å²) >= 11 is 0. The number of hydrogen-bond donors (Lipinski definition) is 1. The molecule has 1 N–H and O–H groups in total. The van der Waals surface area contributed by atoms with Gasteiger partial charge in [-0.25, -0.2) is 0 Å². The number of rotatable bonds is 6. The molecule has 4 heteroatoms. The first-order valence-electron chi connectivity index (χ1n) is 9.69. The Balaban J connectivity index is 0.00000208. The molecule has 1 heterocycles. The standard InChI is InChI=1S/C20H34NOSi.HI/c1-21(14-8-3-9-15-21)16-17-23(18-22,20-12-6-7-13-20)19-10-4-2-5-11-19;/h2,4-5,10-11,20,22H,3,6-9,12-18H2,1H3;1H/q+1;/p-1/t23-;/m0./s1. The maximum Gasteiger partial charge on any atom is 0.123 e. The molecular weight excluding hydrogens is 425 g/mol. The zero-order valence-electron chi connectivity index (χ0n) is 15.2. The topological polar surface area (TPSA) is 20.2 Å². The van der Waals surface area contributed by atoms with Crippen molar-refractivity contribution in [3.63, 3.8) is 0 Å². The zero-order chi connectivity index (χ0) is 16.2. The Morgan fingerprint density at radius 3 is 2.21 bits per heavy atom. The number of aliphatic hydroxyl groups is 1. The van der Waals surface area contributed by atoms with Gasteiger partial charge < -0.3 is 33.6 Å². The Kier molecular flexibility index (Phi) is 7.78. The van der Waals surface area contributed by atoms with Crippen molar-refractivity contribution in [2.45, 2.75) is 56.5 Å². The molecule has 1 aliphatic carbocycles. The maximum atomic E-state index is 10.6. The summed E-state index contributed by atoms with van der Waals surface area (Å²) in [5.41, 5.74) is 0.797. The Bertz CT molecular complexity index is 486. The largest absolute Gasteiger partial charge is 1.00 e. The lowest BCUT2D eigenvalue weighted by Gasteiger charge is -2.42. The van der Waals surface area contributed by atoms with Crippen molar-refractivity contribution >= 4 is 13.3 Å². The van der Waals surface area contributed by atoms with Crippen LogP contribution in [0.1, 0.15) is 44.9 Å². The van der Waals surface area contributed by atoms with Gasteiger partial charge in [-0.2, -0.15) is 0 Å². The number of quaternary nitrogens is 1. The van der Waals surface area contributed by atoms with Crippen molar-refractivity contribution in [1.82, 2.24) is 0 Å². The number of nitrogens with zero attached hydrogens (tertiary/aromatic N) is 1. The summed E-state index contributed by atoms with van der Waals surface area (Å²) in [6.45, 7) is 3.96. The number of hydrogen-bond acceptors (Lipinski definition) is 1. The summed E-state index contributed by atoms with van der Waals surface area (Å²) < 4.78 is 1.24. The van der Waals surface area contributed by atoms with E-state index >= 15 is 0 Å². The van der Waals surface area contributed by atoms with E-state index in [9.17, 15) is 5.11 Å². The van der Waals surface area contributed by atoms with Crippen molar-refractivity contribution in [3.05, 3.63) is 30.3 Å². The second-order valence-corrected chi connectivity index (χ2v) is 12.8. The van der Waals surface area contributed by atoms with Crippen LogP contribution in [-0.4, -0.2) is 50.6 Å². The van der Waals surface area contributed by atoms with Crippen LogP contribution in [0.2, 0.25) is 11.6 Å². The van der Waals surface area contributed by atoms with E-state index in [4.69, 9.17) is 0 Å². The van der Waals surface area contributed by atoms with Crippen molar-refractivity contribution < 1.29 is 33.6 Å². The van der Waals surface area contributed by atoms with Gasteiger partial charge in [0.25, 0.3) is 0 Å². The predicted octanol–water partition coefficient (Wildman–Crippen LogP) is 0.453. The van der Waals surface area contributed by atoms with Gasteiger partial charge in [-0.3, -0.25) is 0 Å². The van der Waals surface area contributed by atoms with Crippen LogP contribution in [0.5, 0.6) is 0 Å². The van der Waals surface area contributed by atoms with E-state index in [2.05, 4.69) is 37.4 Å². The minimum absolute atomic E-state index is 0. The molecule has 2 fully saturated rings. The smallest absolute Gasteiger partial charge is 0.123 e. The van der Waals surface area contributed by atoms with Gasteiger partial charge in [0.05, 0.1) is 26.7 Å². The molecule has 136 valence electrons. The van der Waals surface area contributed by atoms with Gasteiger partial charge in [0.2, 0.25) is 0 Å². The maximum absolute atomic E-state index is 10.6. The molecule has 0 aromatic heterocycles. The third kappa shape index (κ3) is 4.43. The van der Waals surface area contributed by atoms with Gasteiger partial charge in [-0.1, -0.05) is 61.2 Å². The second kappa shape index (κ2) is 9.15. The Labute approximate surface area is 166 Å². The average Bonchev–Trinajstić information content (AvgIpc) is 3.13. The van der Waals surface area contributed by atoms with Crippen LogP contribution in [0, 0.1) is 0 Å². The lowest BCUT2D eigenvalue weighted by molar-refractivity contribution is -0.912. The molecular formula is C20H34INOSi. The van der Waals surface area contributed by atoms with Gasteiger partial charge in [0.15, 0.2) is 0 Å². The molecule has 1 aliphatic heterocycles. The molecule has 0 unspecified atom stereocenters. The monoisotopic (exact) mass is 459 g/mol. The Morgan fingerprint density at radius 2 is 1.62 bits per heavy atom. The van der Waals surface area contributed by atoms with Crippen LogP contribution in [0.15, 0.2) is 30.3 Å². The summed E-state index contributed by atoms with van der Waals surface area (Å²) in [5.74, 6) is 0. The molecule has 1 aromatic carbocycles. The number of halogens is 1. The highest BCUT2D eigenvalue weighted by Gasteiger charge is 2.45. The van der Waals surface area contributed by atoms with Gasteiger partial charge in [0, 0.05) is 6.23 Å². The van der Waals surface area contributed by atoms with Crippen LogP contribution in [0.3, 0.4) is 0 Å². The molecule has 2 aliphatic rings. The molecule has 2 nitrogen and oxygen atoms in total. The fourth-order valence-corrected chi connectivity index (χ4v) is 10.2. The van der Waals surface area contributed by atoms with Gasteiger partial charge in [-0.05, 0) is 30.8 Å². The fraction of sp³-hybridized carbons (Fsp3) is 0.700. The third-order valence-corrected chi connectivity index (χ3v) is 12.1. The van der Waals surface area contributed by atoms with Crippen molar-refractivity contribution in [2.75, 3.05) is 32.9 Å².